The first-order chi connectivity index (χ1) is 11.8. The van der Waals surface area contributed by atoms with Gasteiger partial charge < -0.3 is 15.1 Å². The Labute approximate surface area is 165 Å². The number of aromatic nitrogens is 3. The van der Waals surface area contributed by atoms with Crippen LogP contribution in [0.3, 0.4) is 0 Å². The molecule has 0 aromatic carbocycles. The van der Waals surface area contributed by atoms with Crippen molar-refractivity contribution in [2.75, 3.05) is 26.7 Å². The molecule has 9 heteroatoms. The number of nitrogens with one attached hydrogen (secondary N) is 2. The van der Waals surface area contributed by atoms with E-state index in [1.807, 2.05) is 19.2 Å². The van der Waals surface area contributed by atoms with Crippen LogP contribution in [-0.4, -0.2) is 52.3 Å². The molecule has 25 heavy (non-hydrogen) atoms. The topological polar surface area (TPSA) is 83.5 Å². The first-order valence-electron chi connectivity index (χ1n) is 8.33. The van der Waals surface area contributed by atoms with Crippen molar-refractivity contribution < 1.29 is 4.42 Å². The minimum Gasteiger partial charge on any atom is -0.468 e. The second kappa shape index (κ2) is 9.76. The largest absolute Gasteiger partial charge is 0.468 e. The summed E-state index contributed by atoms with van der Waals surface area (Å²) in [7, 11) is 3.64. The Morgan fingerprint density at radius 1 is 1.36 bits per heavy atom. The molecule has 1 unspecified atom stereocenters. The lowest BCUT2D eigenvalue weighted by Crippen LogP contribution is -2.42. The fourth-order valence-corrected chi connectivity index (χ4v) is 3.00. The summed E-state index contributed by atoms with van der Waals surface area (Å²) in [5.41, 5.74) is 0. The Hall–Kier alpha value is -1.62. The molecule has 1 aliphatic rings. The second-order valence-electron chi connectivity index (χ2n) is 5.88. The highest BCUT2D eigenvalue weighted by Crippen LogP contribution is 2.24. The van der Waals surface area contributed by atoms with E-state index in [0.717, 1.165) is 37.2 Å². The zero-order chi connectivity index (χ0) is 16.8. The number of likely N-dealkylation sites (tertiary alicyclic amines) is 1. The number of aliphatic imine (C=N–C) groups is 1. The number of aryl methyl sites for hydroxylation is 1. The van der Waals surface area contributed by atoms with E-state index >= 15 is 0 Å². The fraction of sp³-hybridized carbons (Fsp3) is 0.562. The van der Waals surface area contributed by atoms with Gasteiger partial charge in [0.2, 0.25) is 0 Å². The average Bonchev–Trinajstić information content (AvgIpc) is 3.34. The van der Waals surface area contributed by atoms with E-state index in [0.29, 0.717) is 6.54 Å². The van der Waals surface area contributed by atoms with Gasteiger partial charge in [-0.3, -0.25) is 14.6 Å². The van der Waals surface area contributed by atoms with Crippen molar-refractivity contribution in [2.24, 2.45) is 12.0 Å². The van der Waals surface area contributed by atoms with Gasteiger partial charge in [0.1, 0.15) is 17.9 Å². The summed E-state index contributed by atoms with van der Waals surface area (Å²) in [5, 5.41) is 10.7. The number of hydrogen-bond donors (Lipinski definition) is 2. The van der Waals surface area contributed by atoms with Gasteiger partial charge >= 0.3 is 0 Å². The maximum absolute atomic E-state index is 5.65. The van der Waals surface area contributed by atoms with E-state index in [2.05, 4.69) is 30.6 Å². The van der Waals surface area contributed by atoms with Crippen molar-refractivity contribution in [3.63, 3.8) is 0 Å². The molecule has 138 valence electrons. The standard InChI is InChI=1S/C16H25N7O.HI/c1-17-16(19-11-15-20-12-21-22(15)2)18-10-13(14-6-5-9-24-14)23-7-3-4-8-23;/h5-6,9,12-13H,3-4,7-8,10-11H2,1-2H3,(H2,17,18,19);1H. The van der Waals surface area contributed by atoms with Crippen LogP contribution >= 0.6 is 24.0 Å². The molecule has 0 saturated carbocycles. The van der Waals surface area contributed by atoms with Crippen molar-refractivity contribution in [2.45, 2.75) is 25.4 Å². The zero-order valence-corrected chi connectivity index (χ0v) is 17.0. The predicted molar refractivity (Wildman–Crippen MR) is 107 cm³/mol. The third-order valence-electron chi connectivity index (χ3n) is 4.36. The Balaban J connectivity index is 0.00000225. The van der Waals surface area contributed by atoms with Crippen LogP contribution in [0.4, 0.5) is 0 Å². The van der Waals surface area contributed by atoms with Crippen LogP contribution in [0, 0.1) is 0 Å². The van der Waals surface area contributed by atoms with Crippen LogP contribution < -0.4 is 10.6 Å². The van der Waals surface area contributed by atoms with Crippen LogP contribution in [0.1, 0.15) is 30.5 Å². The van der Waals surface area contributed by atoms with Gasteiger partial charge in [-0.05, 0) is 38.1 Å². The number of rotatable bonds is 6. The monoisotopic (exact) mass is 459 g/mol. The van der Waals surface area contributed by atoms with E-state index in [1.54, 1.807) is 24.3 Å². The Kier molecular flexibility index (Phi) is 7.69. The van der Waals surface area contributed by atoms with Crippen molar-refractivity contribution in [1.82, 2.24) is 30.3 Å². The maximum atomic E-state index is 5.65. The highest BCUT2D eigenvalue weighted by molar-refractivity contribution is 14.0. The van der Waals surface area contributed by atoms with Crippen LogP contribution in [0.2, 0.25) is 0 Å². The van der Waals surface area contributed by atoms with Crippen LogP contribution in [-0.2, 0) is 13.6 Å². The van der Waals surface area contributed by atoms with Crippen molar-refractivity contribution in [3.05, 3.63) is 36.3 Å². The first-order valence-corrected chi connectivity index (χ1v) is 8.33. The molecule has 2 aromatic rings. The van der Waals surface area contributed by atoms with Gasteiger partial charge in [-0.25, -0.2) is 4.98 Å². The lowest BCUT2D eigenvalue weighted by Gasteiger charge is -2.26. The Morgan fingerprint density at radius 2 is 2.16 bits per heavy atom. The zero-order valence-electron chi connectivity index (χ0n) is 14.7. The summed E-state index contributed by atoms with van der Waals surface area (Å²) in [6.45, 7) is 3.54. The molecule has 0 spiro atoms. The lowest BCUT2D eigenvalue weighted by molar-refractivity contribution is 0.215. The smallest absolute Gasteiger partial charge is 0.191 e. The average molecular weight is 459 g/mol. The van der Waals surface area contributed by atoms with E-state index in [-0.39, 0.29) is 30.0 Å². The number of nitrogens with zero attached hydrogens (tertiary/aromatic N) is 5. The normalized spacial score (nSPS) is 16.5. The van der Waals surface area contributed by atoms with Crippen LogP contribution in [0.25, 0.3) is 0 Å². The Bertz CT molecular complexity index is 649. The van der Waals surface area contributed by atoms with Crippen molar-refractivity contribution in [3.8, 4) is 0 Å². The highest BCUT2D eigenvalue weighted by atomic mass is 127. The number of hydrogen-bond acceptors (Lipinski definition) is 5. The number of furan rings is 1. The van der Waals surface area contributed by atoms with E-state index in [1.165, 1.54) is 12.8 Å². The van der Waals surface area contributed by atoms with Gasteiger partial charge in [0, 0.05) is 20.6 Å². The first kappa shape index (κ1) is 19.7. The Morgan fingerprint density at radius 3 is 2.76 bits per heavy atom. The molecule has 1 fully saturated rings. The molecule has 1 aliphatic heterocycles. The second-order valence-corrected chi connectivity index (χ2v) is 5.88. The number of guanidine groups is 1. The predicted octanol–water partition coefficient (Wildman–Crippen LogP) is 1.53. The summed E-state index contributed by atoms with van der Waals surface area (Å²) < 4.78 is 7.39. The lowest BCUT2D eigenvalue weighted by atomic mass is 10.2. The third-order valence-corrected chi connectivity index (χ3v) is 4.36. The van der Waals surface area contributed by atoms with Gasteiger partial charge in [-0.15, -0.1) is 24.0 Å². The van der Waals surface area contributed by atoms with Gasteiger partial charge in [-0.2, -0.15) is 5.10 Å². The summed E-state index contributed by atoms with van der Waals surface area (Å²) >= 11 is 0. The molecule has 8 nitrogen and oxygen atoms in total. The molecule has 1 atom stereocenters. The van der Waals surface area contributed by atoms with Crippen LogP contribution in [0.5, 0.6) is 0 Å². The van der Waals surface area contributed by atoms with E-state index in [4.69, 9.17) is 4.42 Å². The summed E-state index contributed by atoms with van der Waals surface area (Å²) in [4.78, 5) is 10.9. The van der Waals surface area contributed by atoms with Crippen molar-refractivity contribution >= 4 is 29.9 Å². The molecule has 3 heterocycles. The molecule has 1 saturated heterocycles. The fourth-order valence-electron chi connectivity index (χ4n) is 3.00. The minimum atomic E-state index is 0. The maximum Gasteiger partial charge on any atom is 0.191 e. The molecule has 0 radical (unpaired) electrons. The van der Waals surface area contributed by atoms with Crippen LogP contribution in [0.15, 0.2) is 34.1 Å². The quantitative estimate of drug-likeness (QED) is 0.388. The van der Waals surface area contributed by atoms with E-state index in [9.17, 15) is 0 Å². The molecule has 0 bridgehead atoms. The third kappa shape index (κ3) is 5.18. The molecule has 3 rings (SSSR count). The van der Waals surface area contributed by atoms with Crippen molar-refractivity contribution in [1.29, 1.82) is 0 Å². The molecule has 2 N–H and O–H groups in total. The van der Waals surface area contributed by atoms with Gasteiger partial charge in [0.05, 0.1) is 18.8 Å². The molecule has 2 aromatic heterocycles. The highest BCUT2D eigenvalue weighted by Gasteiger charge is 2.25. The SMILES string of the molecule is CN=C(NCc1ncnn1C)NCC(c1ccco1)N1CCCC1.I. The molecular formula is C16H26IN7O. The number of halogens is 1. The minimum absolute atomic E-state index is 0. The molecular weight excluding hydrogens is 433 g/mol. The molecule has 0 amide bonds. The van der Waals surface area contributed by atoms with Gasteiger partial charge in [-0.1, -0.05) is 0 Å². The molecule has 0 aliphatic carbocycles. The summed E-state index contributed by atoms with van der Waals surface area (Å²) in [6, 6.07) is 4.20. The summed E-state index contributed by atoms with van der Waals surface area (Å²) in [6.07, 6.45) is 5.78. The van der Waals surface area contributed by atoms with Gasteiger partial charge in [0.15, 0.2) is 5.96 Å². The summed E-state index contributed by atoms with van der Waals surface area (Å²) in [5.74, 6) is 2.60. The van der Waals surface area contributed by atoms with E-state index < -0.39 is 0 Å². The van der Waals surface area contributed by atoms with Gasteiger partial charge in [0.25, 0.3) is 0 Å².